The maximum atomic E-state index is 13.1. The molecule has 1 heterocycles. The number of ether oxygens (including phenoxy) is 2. The third-order valence-corrected chi connectivity index (χ3v) is 14.3. The minimum Gasteiger partial charge on any atom is -0.394 e. The van der Waals surface area contributed by atoms with Crippen LogP contribution in [0.2, 0.25) is 0 Å². The molecule has 0 spiro atoms. The molecule has 7 atom stereocenters. The summed E-state index contributed by atoms with van der Waals surface area (Å²) in [6, 6.07) is -0.802. The molecule has 0 aromatic carbocycles. The van der Waals surface area contributed by atoms with Crippen LogP contribution in [-0.2, 0) is 14.3 Å². The first-order chi connectivity index (χ1) is 33.3. The summed E-state index contributed by atoms with van der Waals surface area (Å²) >= 11 is 0. The number of allylic oxidation sites excluding steroid dienone is 3. The average molecular weight is 965 g/mol. The van der Waals surface area contributed by atoms with Gasteiger partial charge in [0.1, 0.15) is 24.4 Å². The first kappa shape index (κ1) is 64.7. The Balaban J connectivity index is 2.16. The minimum atomic E-state index is -1.56. The highest BCUT2D eigenvalue weighted by atomic mass is 16.7. The van der Waals surface area contributed by atoms with Crippen LogP contribution in [0.3, 0.4) is 0 Å². The van der Waals surface area contributed by atoms with Crippen LogP contribution in [0.15, 0.2) is 24.3 Å². The van der Waals surface area contributed by atoms with Crippen molar-refractivity contribution in [2.75, 3.05) is 13.2 Å². The summed E-state index contributed by atoms with van der Waals surface area (Å²) in [5.41, 5.74) is 0. The summed E-state index contributed by atoms with van der Waals surface area (Å²) in [6.07, 6.45) is 55.4. The van der Waals surface area contributed by atoms with Crippen molar-refractivity contribution in [3.63, 3.8) is 0 Å². The van der Waals surface area contributed by atoms with Gasteiger partial charge in [-0.3, -0.25) is 4.79 Å². The predicted molar refractivity (Wildman–Crippen MR) is 286 cm³/mol. The quantitative estimate of drug-likeness (QED) is 0.0261. The number of aliphatic hydroxyl groups is 5. The SMILES string of the molecule is CCCCCCCCCC/C=C\CCCCCCCCCCCCCCCCCCCC(=O)NC(COC1OC(CO)C(O)C(O)C1O)C(O)/C=C/CCCCCCCCCCCCCCCC. The van der Waals surface area contributed by atoms with Gasteiger partial charge in [-0.15, -0.1) is 0 Å². The molecule has 1 fully saturated rings. The van der Waals surface area contributed by atoms with E-state index in [2.05, 4.69) is 31.3 Å². The zero-order valence-electron chi connectivity index (χ0n) is 44.6. The first-order valence-corrected chi connectivity index (χ1v) is 29.6. The zero-order chi connectivity index (χ0) is 49.4. The highest BCUT2D eigenvalue weighted by Crippen LogP contribution is 2.23. The summed E-state index contributed by atoms with van der Waals surface area (Å²) in [5.74, 6) is -0.172. The number of aliphatic hydroxyl groups excluding tert-OH is 5. The van der Waals surface area contributed by atoms with Gasteiger partial charge in [0.25, 0.3) is 0 Å². The van der Waals surface area contributed by atoms with Gasteiger partial charge in [0.05, 0.1) is 25.4 Å². The number of carbonyl (C=O) groups is 1. The second kappa shape index (κ2) is 49.3. The summed E-state index contributed by atoms with van der Waals surface area (Å²) < 4.78 is 11.3. The minimum absolute atomic E-state index is 0.172. The lowest BCUT2D eigenvalue weighted by Gasteiger charge is -2.40. The third-order valence-electron chi connectivity index (χ3n) is 14.3. The van der Waals surface area contributed by atoms with E-state index >= 15 is 0 Å². The highest BCUT2D eigenvalue weighted by molar-refractivity contribution is 5.76. The van der Waals surface area contributed by atoms with E-state index in [9.17, 15) is 30.3 Å². The van der Waals surface area contributed by atoms with Crippen molar-refractivity contribution >= 4 is 5.91 Å². The molecule has 7 unspecified atom stereocenters. The summed E-state index contributed by atoms with van der Waals surface area (Å²) in [4.78, 5) is 13.1. The fraction of sp³-hybridized carbons (Fsp3) is 0.915. The van der Waals surface area contributed by atoms with Gasteiger partial charge in [0.15, 0.2) is 6.29 Å². The van der Waals surface area contributed by atoms with E-state index < -0.39 is 49.5 Å². The molecule has 1 aliphatic heterocycles. The van der Waals surface area contributed by atoms with Crippen LogP contribution in [0.1, 0.15) is 290 Å². The molecule has 0 bridgehead atoms. The van der Waals surface area contributed by atoms with Gasteiger partial charge < -0.3 is 40.3 Å². The molecule has 0 aliphatic carbocycles. The van der Waals surface area contributed by atoms with E-state index in [1.807, 2.05) is 6.08 Å². The molecule has 1 rings (SSSR count). The van der Waals surface area contributed by atoms with Crippen LogP contribution in [0.5, 0.6) is 0 Å². The molecule has 0 saturated carbocycles. The Morgan fingerprint density at radius 3 is 1.19 bits per heavy atom. The van der Waals surface area contributed by atoms with Gasteiger partial charge in [-0.05, 0) is 44.9 Å². The lowest BCUT2D eigenvalue weighted by molar-refractivity contribution is -0.302. The Labute approximate surface area is 419 Å². The van der Waals surface area contributed by atoms with Crippen molar-refractivity contribution in [3.05, 3.63) is 24.3 Å². The van der Waals surface area contributed by atoms with E-state index in [1.54, 1.807) is 6.08 Å². The molecule has 1 saturated heterocycles. The van der Waals surface area contributed by atoms with Gasteiger partial charge in [0, 0.05) is 6.42 Å². The molecular formula is C59H113NO8. The molecule has 1 aliphatic rings. The molecule has 0 aromatic rings. The largest absolute Gasteiger partial charge is 0.394 e. The fourth-order valence-corrected chi connectivity index (χ4v) is 9.57. The Hall–Kier alpha value is -1.33. The lowest BCUT2D eigenvalue weighted by atomic mass is 9.99. The molecule has 0 radical (unpaired) electrons. The topological polar surface area (TPSA) is 149 Å². The number of hydrogen-bond donors (Lipinski definition) is 6. The normalized spacial score (nSPS) is 19.7. The molecule has 68 heavy (non-hydrogen) atoms. The molecule has 6 N–H and O–H groups in total. The van der Waals surface area contributed by atoms with E-state index in [0.717, 1.165) is 38.5 Å². The Morgan fingerprint density at radius 1 is 0.485 bits per heavy atom. The first-order valence-electron chi connectivity index (χ1n) is 29.6. The van der Waals surface area contributed by atoms with Crippen molar-refractivity contribution in [1.29, 1.82) is 0 Å². The number of amides is 1. The Morgan fingerprint density at radius 2 is 0.824 bits per heavy atom. The number of nitrogens with one attached hydrogen (secondary N) is 1. The standard InChI is InChI=1S/C59H113NO8/c1-3-5-7-9-11-13-15-17-19-21-22-23-24-25-26-27-28-29-30-31-32-33-35-37-39-41-43-45-47-49-55(63)60-52(51-67-59-58(66)57(65)56(64)54(50-61)68-59)53(62)48-46-44-42-40-38-36-34-20-18-16-14-12-10-8-6-4-2/h21-22,46,48,52-54,56-59,61-62,64-66H,3-20,23-45,47,49-51H2,1-2H3,(H,60,63)/b22-21-,48-46+. The number of unbranched alkanes of at least 4 members (excludes halogenated alkanes) is 39. The second-order valence-corrected chi connectivity index (χ2v) is 20.8. The van der Waals surface area contributed by atoms with Crippen LogP contribution in [0.25, 0.3) is 0 Å². The van der Waals surface area contributed by atoms with Crippen molar-refractivity contribution < 1.29 is 39.8 Å². The zero-order valence-corrected chi connectivity index (χ0v) is 44.6. The number of carbonyl (C=O) groups excluding carboxylic acids is 1. The lowest BCUT2D eigenvalue weighted by Crippen LogP contribution is -2.60. The highest BCUT2D eigenvalue weighted by Gasteiger charge is 2.44. The average Bonchev–Trinajstić information content (AvgIpc) is 3.34. The Kier molecular flexibility index (Phi) is 46.9. The second-order valence-electron chi connectivity index (χ2n) is 20.8. The maximum absolute atomic E-state index is 13.1. The van der Waals surface area contributed by atoms with Crippen molar-refractivity contribution in [2.45, 2.75) is 333 Å². The summed E-state index contributed by atoms with van der Waals surface area (Å²) in [7, 11) is 0. The summed E-state index contributed by atoms with van der Waals surface area (Å²) in [5, 5.41) is 54.5. The van der Waals surface area contributed by atoms with E-state index in [0.29, 0.717) is 6.42 Å². The van der Waals surface area contributed by atoms with Gasteiger partial charge in [-0.2, -0.15) is 0 Å². The van der Waals surface area contributed by atoms with Crippen molar-refractivity contribution in [1.82, 2.24) is 5.32 Å². The van der Waals surface area contributed by atoms with Crippen LogP contribution < -0.4 is 5.32 Å². The monoisotopic (exact) mass is 964 g/mol. The molecular weight excluding hydrogens is 851 g/mol. The third kappa shape index (κ3) is 38.4. The smallest absolute Gasteiger partial charge is 0.220 e. The Bertz CT molecular complexity index is 1120. The van der Waals surface area contributed by atoms with Crippen molar-refractivity contribution in [2.24, 2.45) is 0 Å². The van der Waals surface area contributed by atoms with Gasteiger partial charge in [-0.1, -0.05) is 263 Å². The van der Waals surface area contributed by atoms with Crippen LogP contribution >= 0.6 is 0 Å². The predicted octanol–water partition coefficient (Wildman–Crippen LogP) is 14.6. The molecule has 0 aromatic heterocycles. The molecule has 402 valence electrons. The molecule has 9 heteroatoms. The van der Waals surface area contributed by atoms with Crippen LogP contribution in [0, 0.1) is 0 Å². The van der Waals surface area contributed by atoms with E-state index in [4.69, 9.17) is 9.47 Å². The fourth-order valence-electron chi connectivity index (χ4n) is 9.57. The van der Waals surface area contributed by atoms with Crippen LogP contribution in [-0.4, -0.2) is 87.5 Å². The van der Waals surface area contributed by atoms with Crippen molar-refractivity contribution in [3.8, 4) is 0 Å². The van der Waals surface area contributed by atoms with Gasteiger partial charge in [0.2, 0.25) is 5.91 Å². The van der Waals surface area contributed by atoms with E-state index in [-0.39, 0.29) is 12.5 Å². The number of hydrogen-bond acceptors (Lipinski definition) is 8. The van der Waals surface area contributed by atoms with E-state index in [1.165, 1.54) is 231 Å². The molecule has 1 amide bonds. The molecule has 9 nitrogen and oxygen atoms in total. The van der Waals surface area contributed by atoms with Gasteiger partial charge in [-0.25, -0.2) is 0 Å². The summed E-state index contributed by atoms with van der Waals surface area (Å²) in [6.45, 7) is 3.81. The maximum Gasteiger partial charge on any atom is 0.220 e. The van der Waals surface area contributed by atoms with Gasteiger partial charge >= 0.3 is 0 Å². The van der Waals surface area contributed by atoms with Crippen LogP contribution in [0.4, 0.5) is 0 Å². The number of rotatable bonds is 51.